The number of halogens is 1. The molecule has 0 radical (unpaired) electrons. The Bertz CT molecular complexity index is 524. The van der Waals surface area contributed by atoms with Crippen LogP contribution in [0, 0.1) is 6.92 Å². The van der Waals surface area contributed by atoms with Gasteiger partial charge in [0.15, 0.2) is 0 Å². The zero-order valence-corrected chi connectivity index (χ0v) is 9.22. The maximum atomic E-state index is 13.4. The monoisotopic (exact) mass is 243 g/mol. The summed E-state index contributed by atoms with van der Waals surface area (Å²) in [6, 6.07) is 0. The van der Waals surface area contributed by atoms with Crippen molar-refractivity contribution in [3.05, 3.63) is 32.6 Å². The van der Waals surface area contributed by atoms with Gasteiger partial charge >= 0.3 is 5.69 Å². The summed E-state index contributed by atoms with van der Waals surface area (Å²) in [6.07, 6.45) is -1.71. The molecule has 1 aliphatic heterocycles. The highest BCUT2D eigenvalue weighted by molar-refractivity contribution is 5.02. The Morgan fingerprint density at radius 3 is 2.94 bits per heavy atom. The molecule has 1 unspecified atom stereocenters. The van der Waals surface area contributed by atoms with Gasteiger partial charge in [-0.2, -0.15) is 0 Å². The molecule has 2 rings (SSSR count). The predicted molar refractivity (Wildman–Crippen MR) is 56.6 cm³/mol. The number of nitrogens with one attached hydrogen (secondary N) is 1. The maximum Gasteiger partial charge on any atom is 0.330 e. The summed E-state index contributed by atoms with van der Waals surface area (Å²) in [5.41, 5.74) is -0.771. The topological polar surface area (TPSA) is 84.3 Å². The standard InChI is InChI=1S/C10H13FN2O4/c1-5-3-13(10(16)12-9(5)15)8-2-6(11)7(4-14)17-8/h3,6-8,14H,2,4H2,1H3,(H,12,15,16)/t6?,7-,8-/m1/s1/i11-1. The molecule has 0 aliphatic carbocycles. The average Bonchev–Trinajstić information content (AvgIpc) is 2.65. The number of aliphatic hydroxyl groups is 1. The number of hydrogen-bond acceptors (Lipinski definition) is 4. The van der Waals surface area contributed by atoms with Crippen LogP contribution in [-0.4, -0.2) is 33.5 Å². The van der Waals surface area contributed by atoms with Crippen LogP contribution in [0.1, 0.15) is 18.2 Å². The maximum absolute atomic E-state index is 13.4. The molecule has 1 aromatic rings. The fourth-order valence-corrected chi connectivity index (χ4v) is 1.82. The van der Waals surface area contributed by atoms with E-state index in [9.17, 15) is 14.0 Å². The van der Waals surface area contributed by atoms with Crippen molar-refractivity contribution in [2.75, 3.05) is 6.61 Å². The number of aromatic nitrogens is 2. The molecule has 2 N–H and O–H groups in total. The first-order valence-corrected chi connectivity index (χ1v) is 5.25. The minimum atomic E-state index is -1.32. The smallest absolute Gasteiger partial charge is 0.330 e. The summed E-state index contributed by atoms with van der Waals surface area (Å²) in [4.78, 5) is 24.8. The second-order valence-electron chi connectivity index (χ2n) is 4.04. The molecule has 1 aromatic heterocycles. The highest BCUT2D eigenvalue weighted by Crippen LogP contribution is 2.29. The summed E-state index contributed by atoms with van der Waals surface area (Å²) in [5, 5.41) is 8.86. The van der Waals surface area contributed by atoms with Gasteiger partial charge in [-0.05, 0) is 6.92 Å². The van der Waals surface area contributed by atoms with E-state index in [0.717, 1.165) is 4.57 Å². The molecule has 1 saturated heterocycles. The molecule has 17 heavy (non-hydrogen) atoms. The van der Waals surface area contributed by atoms with E-state index in [1.54, 1.807) is 6.92 Å². The van der Waals surface area contributed by atoms with E-state index in [0.29, 0.717) is 5.56 Å². The summed E-state index contributed by atoms with van der Waals surface area (Å²) < 4.78 is 19.7. The Balaban J connectivity index is 2.34. The largest absolute Gasteiger partial charge is 0.394 e. The third-order valence-corrected chi connectivity index (χ3v) is 2.80. The zero-order valence-electron chi connectivity index (χ0n) is 9.22. The van der Waals surface area contributed by atoms with Gasteiger partial charge in [-0.15, -0.1) is 0 Å². The zero-order chi connectivity index (χ0) is 12.6. The lowest BCUT2D eigenvalue weighted by Crippen LogP contribution is -2.33. The number of aliphatic hydroxyl groups excluding tert-OH is 1. The van der Waals surface area contributed by atoms with E-state index in [1.165, 1.54) is 6.20 Å². The van der Waals surface area contributed by atoms with Crippen LogP contribution in [0.15, 0.2) is 15.8 Å². The minimum Gasteiger partial charge on any atom is -0.394 e. The van der Waals surface area contributed by atoms with Crippen LogP contribution >= 0.6 is 0 Å². The quantitative estimate of drug-likeness (QED) is 0.730. The molecular formula is C10H13FN2O4. The fraction of sp³-hybridized carbons (Fsp3) is 0.600. The number of hydrogen-bond donors (Lipinski definition) is 2. The minimum absolute atomic E-state index is 0.0172. The second-order valence-corrected chi connectivity index (χ2v) is 4.04. The number of nitrogens with zero attached hydrogens (tertiary/aromatic N) is 1. The van der Waals surface area contributed by atoms with Gasteiger partial charge in [0.2, 0.25) is 0 Å². The number of alkyl halides is 1. The highest BCUT2D eigenvalue weighted by Gasteiger charge is 2.36. The Morgan fingerprint density at radius 2 is 2.35 bits per heavy atom. The highest BCUT2D eigenvalue weighted by atomic mass is 18.2. The van der Waals surface area contributed by atoms with E-state index >= 15 is 0 Å². The molecule has 3 atom stereocenters. The lowest BCUT2D eigenvalue weighted by molar-refractivity contribution is -0.0356. The number of ether oxygens (including phenoxy) is 1. The van der Waals surface area contributed by atoms with Crippen molar-refractivity contribution >= 4 is 0 Å². The van der Waals surface area contributed by atoms with Gasteiger partial charge in [-0.1, -0.05) is 0 Å². The molecule has 0 saturated carbocycles. The van der Waals surface area contributed by atoms with Crippen molar-refractivity contribution in [1.29, 1.82) is 0 Å². The molecule has 7 heteroatoms. The van der Waals surface area contributed by atoms with Crippen LogP contribution in [0.4, 0.5) is 4.39 Å². The Kier molecular flexibility index (Phi) is 3.12. The van der Waals surface area contributed by atoms with Gasteiger partial charge in [0.05, 0.1) is 6.61 Å². The van der Waals surface area contributed by atoms with Crippen LogP contribution in [0.2, 0.25) is 0 Å². The molecule has 1 aliphatic rings. The average molecular weight is 243 g/mol. The van der Waals surface area contributed by atoms with Crippen molar-refractivity contribution in [3.63, 3.8) is 0 Å². The number of rotatable bonds is 2. The Morgan fingerprint density at radius 1 is 1.65 bits per heavy atom. The number of aromatic amines is 1. The lowest BCUT2D eigenvalue weighted by atomic mass is 10.2. The Hall–Kier alpha value is -1.47. The normalized spacial score (nSPS) is 28.5. The van der Waals surface area contributed by atoms with Crippen molar-refractivity contribution in [2.24, 2.45) is 0 Å². The molecule has 0 bridgehead atoms. The summed E-state index contributed by atoms with van der Waals surface area (Å²) in [6.45, 7) is 1.11. The summed E-state index contributed by atoms with van der Waals surface area (Å²) >= 11 is 0. The van der Waals surface area contributed by atoms with E-state index in [2.05, 4.69) is 4.98 Å². The molecule has 0 aromatic carbocycles. The lowest BCUT2D eigenvalue weighted by Gasteiger charge is -2.14. The van der Waals surface area contributed by atoms with Crippen LogP contribution in [0.5, 0.6) is 0 Å². The van der Waals surface area contributed by atoms with Crippen LogP contribution in [0.25, 0.3) is 0 Å². The molecule has 0 amide bonds. The van der Waals surface area contributed by atoms with Crippen LogP contribution in [-0.2, 0) is 4.74 Å². The van der Waals surface area contributed by atoms with Gasteiger partial charge in [-0.25, -0.2) is 9.18 Å². The van der Waals surface area contributed by atoms with E-state index in [4.69, 9.17) is 9.84 Å². The van der Waals surface area contributed by atoms with Crippen molar-refractivity contribution < 1.29 is 14.2 Å². The SMILES string of the molecule is Cc1cn([C@H]2CC([18F])[C@@H](CO)O2)c(=O)[nH]c1=O. The third-order valence-electron chi connectivity index (χ3n) is 2.80. The summed E-state index contributed by atoms with van der Waals surface area (Å²) in [5.74, 6) is 0. The molecule has 0 spiro atoms. The van der Waals surface area contributed by atoms with Gasteiger partial charge < -0.3 is 9.84 Å². The number of H-pyrrole nitrogens is 1. The van der Waals surface area contributed by atoms with E-state index in [1.807, 2.05) is 0 Å². The van der Waals surface area contributed by atoms with Crippen molar-refractivity contribution in [1.82, 2.24) is 9.55 Å². The predicted octanol–water partition coefficient (Wildman–Crippen LogP) is -0.537. The second kappa shape index (κ2) is 4.42. The molecule has 6 nitrogen and oxygen atoms in total. The molecular weight excluding hydrogens is 230 g/mol. The molecule has 2 heterocycles. The first kappa shape index (κ1) is 12.0. The first-order valence-electron chi connectivity index (χ1n) is 5.25. The van der Waals surface area contributed by atoms with E-state index < -0.39 is 36.4 Å². The van der Waals surface area contributed by atoms with Gasteiger partial charge in [0.25, 0.3) is 5.56 Å². The first-order chi connectivity index (χ1) is 8.02. The van der Waals surface area contributed by atoms with Gasteiger partial charge in [0, 0.05) is 18.2 Å². The van der Waals surface area contributed by atoms with Crippen molar-refractivity contribution in [3.8, 4) is 0 Å². The molecule has 1 fully saturated rings. The summed E-state index contributed by atoms with van der Waals surface area (Å²) in [7, 11) is 0. The number of aryl methyl sites for hydroxylation is 1. The van der Waals surface area contributed by atoms with Crippen molar-refractivity contribution in [2.45, 2.75) is 31.8 Å². The Labute approximate surface area is 95.7 Å². The van der Waals surface area contributed by atoms with E-state index in [-0.39, 0.29) is 6.42 Å². The molecule has 94 valence electrons. The van der Waals surface area contributed by atoms with Gasteiger partial charge in [-0.3, -0.25) is 14.3 Å². The fourth-order valence-electron chi connectivity index (χ4n) is 1.82. The van der Waals surface area contributed by atoms with Crippen LogP contribution in [0.3, 0.4) is 0 Å². The van der Waals surface area contributed by atoms with Crippen LogP contribution < -0.4 is 11.2 Å². The van der Waals surface area contributed by atoms with Gasteiger partial charge in [0.1, 0.15) is 18.5 Å². The third kappa shape index (κ3) is 2.16.